The first-order valence-electron chi connectivity index (χ1n) is 8.05. The van der Waals surface area contributed by atoms with Crippen molar-refractivity contribution in [3.63, 3.8) is 0 Å². The Morgan fingerprint density at radius 3 is 2.57 bits per heavy atom. The van der Waals surface area contributed by atoms with Crippen LogP contribution in [0.15, 0.2) is 54.1 Å². The zero-order valence-electron chi connectivity index (χ0n) is 14.1. The summed E-state index contributed by atoms with van der Waals surface area (Å²) in [5.74, 6) is -1.03. The van der Waals surface area contributed by atoms with E-state index >= 15 is 0 Å². The third kappa shape index (κ3) is 3.23. The Kier molecular flexibility index (Phi) is 4.58. The van der Waals surface area contributed by atoms with Gasteiger partial charge in [0.2, 0.25) is 6.79 Å². The van der Waals surface area contributed by atoms with Gasteiger partial charge in [-0.3, -0.25) is 24.6 Å². The van der Waals surface area contributed by atoms with E-state index in [0.717, 1.165) is 11.0 Å². The molecule has 7 nitrogen and oxygen atoms in total. The number of anilines is 1. The third-order valence-corrected chi connectivity index (χ3v) is 4.66. The van der Waals surface area contributed by atoms with E-state index in [9.17, 15) is 14.4 Å². The second-order valence-electron chi connectivity index (χ2n) is 5.87. The van der Waals surface area contributed by atoms with E-state index in [1.165, 1.54) is 12.1 Å². The van der Waals surface area contributed by atoms with Gasteiger partial charge in [0, 0.05) is 16.7 Å². The number of carbonyl (C=O) groups excluding carboxylic acids is 3. The second kappa shape index (κ2) is 7.06. The van der Waals surface area contributed by atoms with Crippen LogP contribution < -0.4 is 19.7 Å². The summed E-state index contributed by atoms with van der Waals surface area (Å²) in [7, 11) is 0. The van der Waals surface area contributed by atoms with Crippen LogP contribution in [0.3, 0.4) is 0 Å². The highest BCUT2D eigenvalue weighted by Crippen LogP contribution is 2.33. The molecule has 140 valence electrons. The van der Waals surface area contributed by atoms with Crippen molar-refractivity contribution in [1.29, 1.82) is 0 Å². The molecule has 0 saturated carbocycles. The zero-order chi connectivity index (χ0) is 19.8. The van der Waals surface area contributed by atoms with Crippen LogP contribution in [0.5, 0.6) is 11.5 Å². The molecule has 0 unspecified atom stereocenters. The molecule has 0 aromatic heterocycles. The molecule has 2 aliphatic heterocycles. The quantitative estimate of drug-likeness (QED) is 0.360. The first kappa shape index (κ1) is 18.1. The van der Waals surface area contributed by atoms with Gasteiger partial charge in [0.05, 0.1) is 5.69 Å². The molecule has 0 atom stereocenters. The fourth-order valence-corrected chi connectivity index (χ4v) is 3.15. The summed E-state index contributed by atoms with van der Waals surface area (Å²) >= 11 is 11.0. The summed E-state index contributed by atoms with van der Waals surface area (Å²) in [6.45, 7) is 0.0719. The predicted octanol–water partition coefficient (Wildman–Crippen LogP) is 2.63. The maximum atomic E-state index is 12.9. The summed E-state index contributed by atoms with van der Waals surface area (Å²) in [5, 5.41) is 2.83. The molecule has 2 amide bonds. The molecular formula is C19H11ClN2O5S. The Morgan fingerprint density at radius 1 is 1.11 bits per heavy atom. The Bertz CT molecular complexity index is 1060. The molecule has 1 fully saturated rings. The van der Waals surface area contributed by atoms with Crippen molar-refractivity contribution >= 4 is 52.2 Å². The van der Waals surface area contributed by atoms with Crippen LogP contribution in [-0.4, -0.2) is 29.5 Å². The van der Waals surface area contributed by atoms with Gasteiger partial charge in [-0.1, -0.05) is 11.6 Å². The van der Waals surface area contributed by atoms with Gasteiger partial charge in [0.15, 0.2) is 22.4 Å². The van der Waals surface area contributed by atoms with Crippen LogP contribution in [0.2, 0.25) is 5.02 Å². The van der Waals surface area contributed by atoms with E-state index in [-0.39, 0.29) is 23.0 Å². The average molecular weight is 415 g/mol. The smallest absolute Gasteiger partial charge is 0.270 e. The molecular weight excluding hydrogens is 404 g/mol. The van der Waals surface area contributed by atoms with Gasteiger partial charge in [-0.05, 0) is 54.7 Å². The van der Waals surface area contributed by atoms with Gasteiger partial charge in [0.25, 0.3) is 11.8 Å². The minimum atomic E-state index is -0.741. The lowest BCUT2D eigenvalue weighted by Crippen LogP contribution is -2.54. The maximum Gasteiger partial charge on any atom is 0.270 e. The van der Waals surface area contributed by atoms with E-state index in [4.69, 9.17) is 33.3 Å². The molecule has 28 heavy (non-hydrogen) atoms. The topological polar surface area (TPSA) is 84.9 Å². The number of halogens is 1. The van der Waals surface area contributed by atoms with Crippen molar-refractivity contribution in [2.75, 3.05) is 11.7 Å². The van der Waals surface area contributed by atoms with E-state index in [0.29, 0.717) is 22.2 Å². The highest BCUT2D eigenvalue weighted by atomic mass is 35.5. The molecule has 1 saturated heterocycles. The predicted molar refractivity (Wildman–Crippen MR) is 105 cm³/mol. The van der Waals surface area contributed by atoms with E-state index in [2.05, 4.69) is 5.32 Å². The number of hydrogen-bond acceptors (Lipinski definition) is 6. The summed E-state index contributed by atoms with van der Waals surface area (Å²) < 4.78 is 10.4. The average Bonchev–Trinajstić information content (AvgIpc) is 3.14. The number of fused-ring (bicyclic) bond motifs is 1. The Balaban J connectivity index is 1.66. The summed E-state index contributed by atoms with van der Waals surface area (Å²) in [6.07, 6.45) is 0.986. The van der Waals surface area contributed by atoms with Crippen molar-refractivity contribution in [3.05, 3.63) is 64.7 Å². The number of thiocarbonyl (C=S) groups is 1. The van der Waals surface area contributed by atoms with Crippen LogP contribution in [0.25, 0.3) is 0 Å². The molecule has 2 aromatic carbocycles. The van der Waals surface area contributed by atoms with Crippen molar-refractivity contribution in [2.24, 2.45) is 0 Å². The fourth-order valence-electron chi connectivity index (χ4n) is 2.75. The van der Waals surface area contributed by atoms with E-state index < -0.39 is 17.6 Å². The van der Waals surface area contributed by atoms with Crippen LogP contribution >= 0.6 is 23.8 Å². The largest absolute Gasteiger partial charge is 0.454 e. The van der Waals surface area contributed by atoms with Crippen molar-refractivity contribution < 1.29 is 23.9 Å². The lowest BCUT2D eigenvalue weighted by Gasteiger charge is -2.28. The highest BCUT2D eigenvalue weighted by molar-refractivity contribution is 7.80. The lowest BCUT2D eigenvalue weighted by atomic mass is 10.0. The normalized spacial score (nSPS) is 17.1. The molecule has 0 spiro atoms. The van der Waals surface area contributed by atoms with Gasteiger partial charge in [-0.2, -0.15) is 0 Å². The zero-order valence-corrected chi connectivity index (χ0v) is 15.7. The second-order valence-corrected chi connectivity index (χ2v) is 6.69. The minimum Gasteiger partial charge on any atom is -0.454 e. The Labute approximate surface area is 169 Å². The molecule has 0 bridgehead atoms. The van der Waals surface area contributed by atoms with Crippen LogP contribution in [-0.2, 0) is 9.59 Å². The molecule has 2 heterocycles. The molecule has 4 rings (SSSR count). The Hall–Kier alpha value is -3.23. The first-order chi connectivity index (χ1) is 13.4. The number of nitrogens with zero attached hydrogens (tertiary/aromatic N) is 1. The monoisotopic (exact) mass is 414 g/mol. The van der Waals surface area contributed by atoms with Crippen molar-refractivity contribution in [1.82, 2.24) is 5.32 Å². The van der Waals surface area contributed by atoms with Gasteiger partial charge < -0.3 is 9.47 Å². The fraction of sp³-hybridized carbons (Fsp3) is 0.0526. The molecule has 0 radical (unpaired) electrons. The number of nitrogens with one attached hydrogen (secondary N) is 1. The summed E-state index contributed by atoms with van der Waals surface area (Å²) in [4.78, 5) is 38.9. The molecule has 2 aromatic rings. The van der Waals surface area contributed by atoms with Gasteiger partial charge >= 0.3 is 0 Å². The first-order valence-corrected chi connectivity index (χ1v) is 8.83. The van der Waals surface area contributed by atoms with Gasteiger partial charge in [0.1, 0.15) is 5.57 Å². The number of benzene rings is 2. The summed E-state index contributed by atoms with van der Waals surface area (Å²) in [6, 6.07) is 11.0. The van der Waals surface area contributed by atoms with Gasteiger partial charge in [-0.25, -0.2) is 0 Å². The highest BCUT2D eigenvalue weighted by Gasteiger charge is 2.35. The number of ether oxygens (including phenoxy) is 2. The molecule has 2 aliphatic rings. The molecule has 1 N–H and O–H groups in total. The van der Waals surface area contributed by atoms with Crippen LogP contribution in [0.1, 0.15) is 10.4 Å². The van der Waals surface area contributed by atoms with Crippen molar-refractivity contribution in [3.8, 4) is 11.5 Å². The van der Waals surface area contributed by atoms with Gasteiger partial charge in [-0.15, -0.1) is 0 Å². The maximum absolute atomic E-state index is 12.9. The number of amides is 2. The van der Waals surface area contributed by atoms with Crippen LogP contribution in [0.4, 0.5) is 5.69 Å². The van der Waals surface area contributed by atoms with Crippen LogP contribution in [0, 0.1) is 0 Å². The number of carbonyl (C=O) groups is 3. The molecule has 0 aliphatic carbocycles. The molecule has 9 heteroatoms. The number of allylic oxidation sites excluding steroid dienone is 1. The standard InChI is InChI=1S/C19H11ClN2O5S/c20-11-2-4-12(5-3-11)22-18(25)13(17(24)21-19(22)28)8-14(23)10-1-6-15-16(7-10)27-9-26-15/h1-8H,9H2,(H,21,24,28). The third-order valence-electron chi connectivity index (χ3n) is 4.12. The number of hydrogen-bond donors (Lipinski definition) is 1. The summed E-state index contributed by atoms with van der Waals surface area (Å²) in [5.41, 5.74) is 0.343. The van der Waals surface area contributed by atoms with Crippen molar-refractivity contribution in [2.45, 2.75) is 0 Å². The van der Waals surface area contributed by atoms with E-state index in [1.54, 1.807) is 30.3 Å². The Morgan fingerprint density at radius 2 is 1.82 bits per heavy atom. The van der Waals surface area contributed by atoms with E-state index in [1.807, 2.05) is 0 Å². The minimum absolute atomic E-state index is 0.0719. The lowest BCUT2D eigenvalue weighted by molar-refractivity contribution is -0.122. The SMILES string of the molecule is O=C1NC(=S)N(c2ccc(Cl)cc2)C(=O)C1=CC(=O)c1ccc2c(c1)OCO2. The number of rotatable bonds is 3. The number of ketones is 1.